The Morgan fingerprint density at radius 1 is 1.13 bits per heavy atom. The standard InChI is InChI=1S/C12H9ClFN/c13-8-10-7-11(14)1-2-12(10)9-3-5-15-6-4-9/h1-7H,8H2. The monoisotopic (exact) mass is 221 g/mol. The van der Waals surface area contributed by atoms with Crippen LogP contribution in [-0.4, -0.2) is 4.98 Å². The first-order valence-electron chi connectivity index (χ1n) is 4.56. The van der Waals surface area contributed by atoms with Crippen LogP contribution in [0.1, 0.15) is 5.56 Å². The first-order valence-corrected chi connectivity index (χ1v) is 5.09. The molecule has 0 atom stereocenters. The van der Waals surface area contributed by atoms with Crippen LogP contribution in [0.5, 0.6) is 0 Å². The van der Waals surface area contributed by atoms with Crippen LogP contribution in [0.25, 0.3) is 11.1 Å². The second-order valence-electron chi connectivity index (χ2n) is 3.17. The highest BCUT2D eigenvalue weighted by atomic mass is 35.5. The molecule has 2 rings (SSSR count). The lowest BCUT2D eigenvalue weighted by molar-refractivity contribution is 0.626. The molecule has 0 fully saturated rings. The van der Waals surface area contributed by atoms with Crippen molar-refractivity contribution in [2.75, 3.05) is 0 Å². The zero-order chi connectivity index (χ0) is 10.7. The Morgan fingerprint density at radius 3 is 2.53 bits per heavy atom. The Kier molecular flexibility index (Phi) is 2.97. The summed E-state index contributed by atoms with van der Waals surface area (Å²) in [4.78, 5) is 3.94. The quantitative estimate of drug-likeness (QED) is 0.706. The van der Waals surface area contributed by atoms with Crippen molar-refractivity contribution in [1.29, 1.82) is 0 Å². The van der Waals surface area contributed by atoms with Gasteiger partial charge < -0.3 is 0 Å². The summed E-state index contributed by atoms with van der Waals surface area (Å²) in [5.74, 6) is 0.0403. The van der Waals surface area contributed by atoms with Gasteiger partial charge in [-0.25, -0.2) is 4.39 Å². The second kappa shape index (κ2) is 4.41. The maximum absolute atomic E-state index is 13.0. The van der Waals surface area contributed by atoms with Crippen LogP contribution in [0.4, 0.5) is 4.39 Å². The van der Waals surface area contributed by atoms with E-state index >= 15 is 0 Å². The summed E-state index contributed by atoms with van der Waals surface area (Å²) < 4.78 is 13.0. The fourth-order valence-corrected chi connectivity index (χ4v) is 1.71. The molecule has 0 bridgehead atoms. The van der Waals surface area contributed by atoms with Gasteiger partial charge in [-0.05, 0) is 41.0 Å². The molecule has 0 radical (unpaired) electrons. The number of benzene rings is 1. The predicted molar refractivity (Wildman–Crippen MR) is 59.2 cm³/mol. The molecule has 3 heteroatoms. The molecule has 76 valence electrons. The van der Waals surface area contributed by atoms with Gasteiger partial charge >= 0.3 is 0 Å². The van der Waals surface area contributed by atoms with E-state index in [1.807, 2.05) is 12.1 Å². The van der Waals surface area contributed by atoms with E-state index < -0.39 is 0 Å². The smallest absolute Gasteiger partial charge is 0.123 e. The summed E-state index contributed by atoms with van der Waals surface area (Å²) in [6, 6.07) is 8.39. The SMILES string of the molecule is Fc1ccc(-c2ccncc2)c(CCl)c1. The summed E-state index contributed by atoms with van der Waals surface area (Å²) >= 11 is 5.77. The molecule has 0 N–H and O–H groups in total. The molecule has 0 saturated carbocycles. The van der Waals surface area contributed by atoms with E-state index in [1.165, 1.54) is 12.1 Å². The Labute approximate surface area is 92.5 Å². The highest BCUT2D eigenvalue weighted by Crippen LogP contribution is 2.25. The van der Waals surface area contributed by atoms with Crippen molar-refractivity contribution >= 4 is 11.6 Å². The highest BCUT2D eigenvalue weighted by Gasteiger charge is 2.05. The van der Waals surface area contributed by atoms with Gasteiger partial charge in [0, 0.05) is 18.3 Å². The van der Waals surface area contributed by atoms with Crippen LogP contribution < -0.4 is 0 Å². The highest BCUT2D eigenvalue weighted by molar-refractivity contribution is 6.17. The van der Waals surface area contributed by atoms with Gasteiger partial charge in [0.1, 0.15) is 5.82 Å². The van der Waals surface area contributed by atoms with E-state index in [9.17, 15) is 4.39 Å². The second-order valence-corrected chi connectivity index (χ2v) is 3.44. The van der Waals surface area contributed by atoms with Crippen molar-refractivity contribution in [3.05, 3.63) is 54.1 Å². The van der Waals surface area contributed by atoms with E-state index in [2.05, 4.69) is 4.98 Å². The van der Waals surface area contributed by atoms with E-state index in [4.69, 9.17) is 11.6 Å². The number of halogens is 2. The third-order valence-corrected chi connectivity index (χ3v) is 2.49. The predicted octanol–water partition coefficient (Wildman–Crippen LogP) is 3.63. The molecule has 0 amide bonds. The van der Waals surface area contributed by atoms with E-state index in [0.717, 1.165) is 16.7 Å². The fraction of sp³-hybridized carbons (Fsp3) is 0.0833. The van der Waals surface area contributed by atoms with Gasteiger partial charge in [-0.15, -0.1) is 11.6 Å². The Hall–Kier alpha value is -1.41. The van der Waals surface area contributed by atoms with Crippen LogP contribution in [0.15, 0.2) is 42.7 Å². The summed E-state index contributed by atoms with van der Waals surface area (Å²) in [5, 5.41) is 0. The molecular weight excluding hydrogens is 213 g/mol. The number of hydrogen-bond acceptors (Lipinski definition) is 1. The van der Waals surface area contributed by atoms with E-state index in [-0.39, 0.29) is 5.82 Å². The minimum absolute atomic E-state index is 0.261. The molecule has 0 spiro atoms. The maximum Gasteiger partial charge on any atom is 0.123 e. The van der Waals surface area contributed by atoms with E-state index in [0.29, 0.717) is 5.88 Å². The van der Waals surface area contributed by atoms with Crippen LogP contribution in [0.3, 0.4) is 0 Å². The molecule has 0 unspecified atom stereocenters. The van der Waals surface area contributed by atoms with Crippen molar-refractivity contribution in [2.45, 2.75) is 5.88 Å². The molecule has 0 aliphatic heterocycles. The van der Waals surface area contributed by atoms with Crippen molar-refractivity contribution < 1.29 is 4.39 Å². The zero-order valence-electron chi connectivity index (χ0n) is 7.95. The zero-order valence-corrected chi connectivity index (χ0v) is 8.71. The van der Waals surface area contributed by atoms with Gasteiger partial charge in [0.15, 0.2) is 0 Å². The van der Waals surface area contributed by atoms with Crippen LogP contribution in [0, 0.1) is 5.82 Å². The van der Waals surface area contributed by atoms with Crippen LogP contribution in [0.2, 0.25) is 0 Å². The lowest BCUT2D eigenvalue weighted by Gasteiger charge is -2.06. The third-order valence-electron chi connectivity index (χ3n) is 2.20. The first-order chi connectivity index (χ1) is 7.31. The number of nitrogens with zero attached hydrogens (tertiary/aromatic N) is 1. The fourth-order valence-electron chi connectivity index (χ4n) is 1.49. The average Bonchev–Trinajstić information content (AvgIpc) is 2.30. The molecule has 1 nitrogen and oxygen atoms in total. The van der Waals surface area contributed by atoms with Gasteiger partial charge in [0.05, 0.1) is 0 Å². The minimum Gasteiger partial charge on any atom is -0.265 e. The summed E-state index contributed by atoms with van der Waals surface area (Å²) in [6.07, 6.45) is 3.41. The number of aromatic nitrogens is 1. The van der Waals surface area contributed by atoms with Crippen LogP contribution in [-0.2, 0) is 5.88 Å². The van der Waals surface area contributed by atoms with Crippen LogP contribution >= 0.6 is 11.6 Å². The van der Waals surface area contributed by atoms with Gasteiger partial charge in [-0.1, -0.05) is 6.07 Å². The normalized spacial score (nSPS) is 10.3. The van der Waals surface area contributed by atoms with Crippen molar-refractivity contribution in [3.8, 4) is 11.1 Å². The molecule has 2 aromatic rings. The van der Waals surface area contributed by atoms with E-state index in [1.54, 1.807) is 18.5 Å². The van der Waals surface area contributed by atoms with Crippen molar-refractivity contribution in [3.63, 3.8) is 0 Å². The molecular formula is C12H9ClFN. The lowest BCUT2D eigenvalue weighted by atomic mass is 10.0. The summed E-state index contributed by atoms with van der Waals surface area (Å²) in [7, 11) is 0. The molecule has 0 aliphatic carbocycles. The topological polar surface area (TPSA) is 12.9 Å². The molecule has 1 aromatic carbocycles. The maximum atomic E-state index is 13.0. The minimum atomic E-state index is -0.261. The molecule has 0 aliphatic rings. The summed E-state index contributed by atoms with van der Waals surface area (Å²) in [5.41, 5.74) is 2.75. The van der Waals surface area contributed by atoms with Gasteiger partial charge in [0.2, 0.25) is 0 Å². The number of hydrogen-bond donors (Lipinski definition) is 0. The Bertz CT molecular complexity index is 456. The molecule has 0 saturated heterocycles. The largest absolute Gasteiger partial charge is 0.265 e. The average molecular weight is 222 g/mol. The summed E-state index contributed by atoms with van der Waals surface area (Å²) in [6.45, 7) is 0. The number of rotatable bonds is 2. The third kappa shape index (κ3) is 2.16. The van der Waals surface area contributed by atoms with Crippen molar-refractivity contribution in [1.82, 2.24) is 4.98 Å². The van der Waals surface area contributed by atoms with Gasteiger partial charge in [0.25, 0.3) is 0 Å². The molecule has 1 aromatic heterocycles. The van der Waals surface area contributed by atoms with Crippen molar-refractivity contribution in [2.24, 2.45) is 0 Å². The number of alkyl halides is 1. The lowest BCUT2D eigenvalue weighted by Crippen LogP contribution is -1.88. The Morgan fingerprint density at radius 2 is 1.87 bits per heavy atom. The Balaban J connectivity index is 2.53. The molecule has 1 heterocycles. The number of pyridine rings is 1. The van der Waals surface area contributed by atoms with Gasteiger partial charge in [-0.3, -0.25) is 4.98 Å². The molecule has 15 heavy (non-hydrogen) atoms. The first kappa shape index (κ1) is 10.1. The van der Waals surface area contributed by atoms with Gasteiger partial charge in [-0.2, -0.15) is 0 Å².